The number of carbonyl (C=O) groups is 1. The summed E-state index contributed by atoms with van der Waals surface area (Å²) in [5.74, 6) is -0.155. The van der Waals surface area contributed by atoms with E-state index in [-0.39, 0.29) is 17.3 Å². The zero-order valence-electron chi connectivity index (χ0n) is 10.6. The molecule has 6 heteroatoms. The van der Waals surface area contributed by atoms with E-state index in [0.717, 1.165) is 5.56 Å². The summed E-state index contributed by atoms with van der Waals surface area (Å²) in [5.41, 5.74) is 1.80. The van der Waals surface area contributed by atoms with Crippen molar-refractivity contribution < 1.29 is 9.53 Å². The number of rotatable bonds is 3. The number of hydrogen-bond donors (Lipinski definition) is 0. The zero-order valence-corrected chi connectivity index (χ0v) is 11.3. The maximum absolute atomic E-state index is 11.6. The van der Waals surface area contributed by atoms with Crippen LogP contribution in [-0.4, -0.2) is 27.5 Å². The van der Waals surface area contributed by atoms with Gasteiger partial charge in [0, 0.05) is 12.4 Å². The van der Waals surface area contributed by atoms with Crippen LogP contribution in [0.25, 0.3) is 11.5 Å². The summed E-state index contributed by atoms with van der Waals surface area (Å²) >= 11 is 5.97. The number of hydrogen-bond acceptors (Lipinski definition) is 5. The van der Waals surface area contributed by atoms with Crippen LogP contribution in [-0.2, 0) is 4.74 Å². The second kappa shape index (κ2) is 5.75. The number of carbonyl (C=O) groups excluding carboxylic acids is 1. The summed E-state index contributed by atoms with van der Waals surface area (Å²) in [5, 5.41) is 0.0618. The molecule has 0 aromatic carbocycles. The smallest absolute Gasteiger partial charge is 0.342 e. The van der Waals surface area contributed by atoms with E-state index in [4.69, 9.17) is 16.3 Å². The quantitative estimate of drug-likeness (QED) is 0.637. The van der Waals surface area contributed by atoms with Gasteiger partial charge in [-0.2, -0.15) is 0 Å². The Morgan fingerprint density at radius 1 is 1.42 bits per heavy atom. The van der Waals surface area contributed by atoms with Crippen LogP contribution in [0.5, 0.6) is 0 Å². The minimum absolute atomic E-state index is 0.0618. The molecule has 0 atom stereocenters. The maximum Gasteiger partial charge on any atom is 0.342 e. The molecule has 2 heterocycles. The summed E-state index contributed by atoms with van der Waals surface area (Å²) in [6.07, 6.45) is 3.02. The number of ether oxygens (including phenoxy) is 1. The molecule has 0 amide bonds. The van der Waals surface area contributed by atoms with Gasteiger partial charge in [0.15, 0.2) is 5.82 Å². The van der Waals surface area contributed by atoms with Gasteiger partial charge in [-0.05, 0) is 31.5 Å². The summed E-state index contributed by atoms with van der Waals surface area (Å²) in [7, 11) is 0. The van der Waals surface area contributed by atoms with E-state index < -0.39 is 5.97 Å². The predicted molar refractivity (Wildman–Crippen MR) is 71.0 cm³/mol. The summed E-state index contributed by atoms with van der Waals surface area (Å²) < 4.78 is 4.85. The molecule has 0 spiro atoms. The monoisotopic (exact) mass is 277 g/mol. The molecule has 19 heavy (non-hydrogen) atoms. The number of aryl methyl sites for hydroxylation is 1. The van der Waals surface area contributed by atoms with Gasteiger partial charge in [-0.1, -0.05) is 11.6 Å². The highest BCUT2D eigenvalue weighted by Gasteiger charge is 2.15. The fourth-order valence-corrected chi connectivity index (χ4v) is 1.69. The van der Waals surface area contributed by atoms with Gasteiger partial charge in [0.05, 0.1) is 6.61 Å². The van der Waals surface area contributed by atoms with Crippen LogP contribution in [0.15, 0.2) is 24.5 Å². The van der Waals surface area contributed by atoms with Crippen molar-refractivity contribution in [2.75, 3.05) is 6.61 Å². The molecule has 0 saturated heterocycles. The van der Waals surface area contributed by atoms with Gasteiger partial charge in [-0.25, -0.2) is 14.8 Å². The Morgan fingerprint density at radius 2 is 2.21 bits per heavy atom. The molecule has 98 valence electrons. The number of esters is 1. The average Bonchev–Trinajstić information content (AvgIpc) is 2.38. The molecule has 0 N–H and O–H groups in total. The van der Waals surface area contributed by atoms with Crippen molar-refractivity contribution in [3.8, 4) is 11.5 Å². The molecule has 2 rings (SSSR count). The first-order valence-corrected chi connectivity index (χ1v) is 6.12. The van der Waals surface area contributed by atoms with Crippen molar-refractivity contribution >= 4 is 17.6 Å². The Balaban J connectivity index is 2.36. The molecule has 2 aromatic heterocycles. The summed E-state index contributed by atoms with van der Waals surface area (Å²) in [6, 6.07) is 3.72. The van der Waals surface area contributed by atoms with Crippen molar-refractivity contribution in [2.45, 2.75) is 13.8 Å². The second-order valence-electron chi connectivity index (χ2n) is 3.84. The fourth-order valence-electron chi connectivity index (χ4n) is 1.49. The Morgan fingerprint density at radius 3 is 2.84 bits per heavy atom. The first kappa shape index (κ1) is 13.4. The number of halogens is 1. The third-order valence-corrected chi connectivity index (χ3v) is 2.67. The molecule has 0 bridgehead atoms. The molecule has 0 fully saturated rings. The minimum Gasteiger partial charge on any atom is -0.462 e. The Kier molecular flexibility index (Phi) is 4.06. The van der Waals surface area contributed by atoms with Gasteiger partial charge in [-0.3, -0.25) is 4.98 Å². The zero-order chi connectivity index (χ0) is 13.8. The SMILES string of the molecule is CCOC(=O)c1cnc(-c2cc(C)ccn2)nc1Cl. The lowest BCUT2D eigenvalue weighted by Crippen LogP contribution is -2.07. The molecule has 5 nitrogen and oxygen atoms in total. The second-order valence-corrected chi connectivity index (χ2v) is 4.20. The van der Waals surface area contributed by atoms with Crippen LogP contribution in [0.3, 0.4) is 0 Å². The Labute approximate surface area is 115 Å². The fraction of sp³-hybridized carbons (Fsp3) is 0.231. The van der Waals surface area contributed by atoms with Crippen molar-refractivity contribution in [1.82, 2.24) is 15.0 Å². The van der Waals surface area contributed by atoms with Gasteiger partial charge in [-0.15, -0.1) is 0 Å². The highest BCUT2D eigenvalue weighted by atomic mass is 35.5. The lowest BCUT2D eigenvalue weighted by atomic mass is 10.2. The van der Waals surface area contributed by atoms with Gasteiger partial charge >= 0.3 is 5.97 Å². The van der Waals surface area contributed by atoms with E-state index >= 15 is 0 Å². The maximum atomic E-state index is 11.6. The van der Waals surface area contributed by atoms with Crippen molar-refractivity contribution in [1.29, 1.82) is 0 Å². The number of aromatic nitrogens is 3. The third kappa shape index (κ3) is 3.06. The number of pyridine rings is 1. The van der Waals surface area contributed by atoms with Crippen LogP contribution in [0.2, 0.25) is 5.15 Å². The van der Waals surface area contributed by atoms with E-state index in [2.05, 4.69) is 15.0 Å². The molecule has 0 aliphatic carbocycles. The summed E-state index contributed by atoms with van der Waals surface area (Å²) in [4.78, 5) is 23.9. The molecule has 0 radical (unpaired) electrons. The van der Waals surface area contributed by atoms with Gasteiger partial charge in [0.1, 0.15) is 16.4 Å². The van der Waals surface area contributed by atoms with Gasteiger partial charge in [0.25, 0.3) is 0 Å². The average molecular weight is 278 g/mol. The number of nitrogens with zero attached hydrogens (tertiary/aromatic N) is 3. The van der Waals surface area contributed by atoms with E-state index in [1.54, 1.807) is 13.1 Å². The van der Waals surface area contributed by atoms with Crippen molar-refractivity contribution in [3.05, 3.63) is 40.8 Å². The van der Waals surface area contributed by atoms with E-state index in [9.17, 15) is 4.79 Å². The normalized spacial score (nSPS) is 10.3. The third-order valence-electron chi connectivity index (χ3n) is 2.38. The lowest BCUT2D eigenvalue weighted by Gasteiger charge is -2.05. The highest BCUT2D eigenvalue weighted by Crippen LogP contribution is 2.19. The van der Waals surface area contributed by atoms with Crippen LogP contribution in [0.4, 0.5) is 0 Å². The van der Waals surface area contributed by atoms with Crippen LogP contribution >= 0.6 is 11.6 Å². The first-order valence-electron chi connectivity index (χ1n) is 5.74. The van der Waals surface area contributed by atoms with Crippen LogP contribution in [0, 0.1) is 6.92 Å². The molecule has 0 saturated carbocycles. The van der Waals surface area contributed by atoms with E-state index in [1.807, 2.05) is 19.1 Å². The Bertz CT molecular complexity index is 617. The lowest BCUT2D eigenvalue weighted by molar-refractivity contribution is 0.0525. The van der Waals surface area contributed by atoms with Crippen molar-refractivity contribution in [3.63, 3.8) is 0 Å². The predicted octanol–water partition coefficient (Wildman–Crippen LogP) is 2.68. The molecular formula is C13H12ClN3O2. The standard InChI is InChI=1S/C13H12ClN3O2/c1-3-19-13(18)9-7-16-12(17-11(9)14)10-6-8(2)4-5-15-10/h4-7H,3H2,1-2H3. The molecular weight excluding hydrogens is 266 g/mol. The Hall–Kier alpha value is -2.01. The molecule has 2 aromatic rings. The van der Waals surface area contributed by atoms with Gasteiger partial charge < -0.3 is 4.74 Å². The molecule has 0 unspecified atom stereocenters. The highest BCUT2D eigenvalue weighted by molar-refractivity contribution is 6.32. The van der Waals surface area contributed by atoms with E-state index in [0.29, 0.717) is 11.5 Å². The van der Waals surface area contributed by atoms with Crippen LogP contribution < -0.4 is 0 Å². The minimum atomic E-state index is -0.531. The molecule has 0 aliphatic heterocycles. The largest absolute Gasteiger partial charge is 0.462 e. The summed E-state index contributed by atoms with van der Waals surface area (Å²) in [6.45, 7) is 3.94. The van der Waals surface area contributed by atoms with Crippen molar-refractivity contribution in [2.24, 2.45) is 0 Å². The first-order chi connectivity index (χ1) is 9.11. The van der Waals surface area contributed by atoms with Crippen LogP contribution in [0.1, 0.15) is 22.8 Å². The topological polar surface area (TPSA) is 65.0 Å². The molecule has 0 aliphatic rings. The van der Waals surface area contributed by atoms with Gasteiger partial charge in [0.2, 0.25) is 0 Å². The van der Waals surface area contributed by atoms with E-state index in [1.165, 1.54) is 6.20 Å².